The summed E-state index contributed by atoms with van der Waals surface area (Å²) >= 11 is 5.42. The van der Waals surface area contributed by atoms with E-state index in [0.29, 0.717) is 0 Å². The lowest BCUT2D eigenvalue weighted by molar-refractivity contribution is 0.688. The van der Waals surface area contributed by atoms with Gasteiger partial charge in [-0.05, 0) is 69.4 Å². The van der Waals surface area contributed by atoms with Crippen molar-refractivity contribution >= 4 is 38.2 Å². The quantitative estimate of drug-likeness (QED) is 0.693. The van der Waals surface area contributed by atoms with Gasteiger partial charge in [0.15, 0.2) is 0 Å². The molecule has 0 atom stereocenters. The maximum Gasteiger partial charge on any atom is 0.0580 e. The summed E-state index contributed by atoms with van der Waals surface area (Å²) in [6.45, 7) is 1.92. The molecule has 0 aliphatic heterocycles. The van der Waals surface area contributed by atoms with E-state index in [9.17, 15) is 0 Å². The van der Waals surface area contributed by atoms with Gasteiger partial charge in [0.25, 0.3) is 0 Å². The van der Waals surface area contributed by atoms with Gasteiger partial charge >= 0.3 is 0 Å². The van der Waals surface area contributed by atoms with E-state index in [1.165, 1.54) is 38.7 Å². The number of benzene rings is 1. The molecule has 0 spiro atoms. The Labute approximate surface area is 136 Å². The van der Waals surface area contributed by atoms with Crippen LogP contribution in [0.5, 0.6) is 0 Å². The number of hydrogen-bond acceptors (Lipinski definition) is 2. The van der Waals surface area contributed by atoms with Crippen molar-refractivity contribution in [1.82, 2.24) is 9.88 Å². The van der Waals surface area contributed by atoms with Crippen LogP contribution in [0, 0.1) is 0 Å². The highest BCUT2D eigenvalue weighted by Crippen LogP contribution is 2.26. The van der Waals surface area contributed by atoms with Crippen LogP contribution < -0.4 is 5.32 Å². The molecule has 1 aromatic carbocycles. The van der Waals surface area contributed by atoms with Crippen LogP contribution in [-0.2, 0) is 13.1 Å². The number of thiophene rings is 1. The SMILES string of the molecule is Brc1ccsc1Cn1ccc2cc(CNC3CC3)ccc21. The Balaban J connectivity index is 1.57. The Kier molecular flexibility index (Phi) is 3.61. The Morgan fingerprint density at radius 3 is 2.90 bits per heavy atom. The first-order valence-electron chi connectivity index (χ1n) is 7.32. The third-order valence-electron chi connectivity index (χ3n) is 4.01. The standard InChI is InChI=1S/C17H17BrN2S/c18-15-6-8-21-17(15)11-20-7-5-13-9-12(1-4-16(13)20)10-19-14-2-3-14/h1,4-9,14,19H,2-3,10-11H2. The minimum Gasteiger partial charge on any atom is -0.342 e. The second-order valence-electron chi connectivity index (χ2n) is 5.68. The highest BCUT2D eigenvalue weighted by Gasteiger charge is 2.19. The zero-order valence-corrected chi connectivity index (χ0v) is 14.1. The molecule has 4 heteroatoms. The molecule has 21 heavy (non-hydrogen) atoms. The Bertz CT molecular complexity index is 770. The maximum atomic E-state index is 3.62. The molecule has 0 amide bonds. The first kappa shape index (κ1) is 13.6. The monoisotopic (exact) mass is 360 g/mol. The van der Waals surface area contributed by atoms with E-state index in [-0.39, 0.29) is 0 Å². The summed E-state index contributed by atoms with van der Waals surface area (Å²) in [5.41, 5.74) is 2.69. The maximum absolute atomic E-state index is 3.62. The molecule has 3 aromatic rings. The summed E-state index contributed by atoms with van der Waals surface area (Å²) in [5, 5.41) is 7.04. The van der Waals surface area contributed by atoms with Crippen LogP contribution in [0.25, 0.3) is 10.9 Å². The minimum atomic E-state index is 0.765. The third-order valence-corrected chi connectivity index (χ3v) is 5.92. The van der Waals surface area contributed by atoms with Gasteiger partial charge in [0.2, 0.25) is 0 Å². The van der Waals surface area contributed by atoms with E-state index in [2.05, 4.69) is 67.7 Å². The number of fused-ring (bicyclic) bond motifs is 1. The second-order valence-corrected chi connectivity index (χ2v) is 7.54. The summed E-state index contributed by atoms with van der Waals surface area (Å²) in [4.78, 5) is 1.37. The normalized spacial score (nSPS) is 14.9. The molecule has 0 bridgehead atoms. The van der Waals surface area contributed by atoms with Crippen molar-refractivity contribution < 1.29 is 0 Å². The first-order chi connectivity index (χ1) is 10.3. The highest BCUT2D eigenvalue weighted by molar-refractivity contribution is 9.10. The van der Waals surface area contributed by atoms with Crippen LogP contribution in [0.2, 0.25) is 0 Å². The van der Waals surface area contributed by atoms with Crippen LogP contribution in [0.3, 0.4) is 0 Å². The fourth-order valence-electron chi connectivity index (χ4n) is 2.64. The van der Waals surface area contributed by atoms with E-state index in [4.69, 9.17) is 0 Å². The van der Waals surface area contributed by atoms with Gasteiger partial charge < -0.3 is 9.88 Å². The summed E-state index contributed by atoms with van der Waals surface area (Å²) in [7, 11) is 0. The summed E-state index contributed by atoms with van der Waals surface area (Å²) in [5.74, 6) is 0. The van der Waals surface area contributed by atoms with Crippen molar-refractivity contribution in [2.75, 3.05) is 0 Å². The fraction of sp³-hybridized carbons (Fsp3) is 0.294. The lowest BCUT2D eigenvalue weighted by Gasteiger charge is -2.06. The molecule has 1 saturated carbocycles. The Morgan fingerprint density at radius 2 is 2.14 bits per heavy atom. The van der Waals surface area contributed by atoms with Gasteiger partial charge in [-0.3, -0.25) is 0 Å². The molecule has 2 nitrogen and oxygen atoms in total. The third kappa shape index (κ3) is 2.93. The number of nitrogens with one attached hydrogen (secondary N) is 1. The van der Waals surface area contributed by atoms with Crippen molar-refractivity contribution in [2.24, 2.45) is 0 Å². The predicted octanol–water partition coefficient (Wildman–Crippen LogP) is 4.77. The second kappa shape index (κ2) is 5.59. The highest BCUT2D eigenvalue weighted by atomic mass is 79.9. The number of nitrogens with zero attached hydrogens (tertiary/aromatic N) is 1. The van der Waals surface area contributed by atoms with E-state index in [0.717, 1.165) is 19.1 Å². The van der Waals surface area contributed by atoms with Crippen molar-refractivity contribution in [2.45, 2.75) is 32.0 Å². The van der Waals surface area contributed by atoms with E-state index >= 15 is 0 Å². The van der Waals surface area contributed by atoms with Gasteiger partial charge in [0.05, 0.1) is 6.54 Å². The van der Waals surface area contributed by atoms with E-state index in [1.807, 2.05) is 0 Å². The van der Waals surface area contributed by atoms with Gasteiger partial charge in [-0.15, -0.1) is 11.3 Å². The summed E-state index contributed by atoms with van der Waals surface area (Å²) in [6.07, 6.45) is 4.87. The van der Waals surface area contributed by atoms with Crippen LogP contribution in [0.15, 0.2) is 46.4 Å². The number of aromatic nitrogens is 1. The Hall–Kier alpha value is -1.10. The van der Waals surface area contributed by atoms with Gasteiger partial charge in [-0.25, -0.2) is 0 Å². The molecule has 1 fully saturated rings. The molecular formula is C17H17BrN2S. The lowest BCUT2D eigenvalue weighted by Crippen LogP contribution is -2.15. The van der Waals surface area contributed by atoms with Gasteiger partial charge in [-0.1, -0.05) is 6.07 Å². The van der Waals surface area contributed by atoms with Crippen LogP contribution in [0.4, 0.5) is 0 Å². The van der Waals surface area contributed by atoms with E-state index in [1.54, 1.807) is 11.3 Å². The van der Waals surface area contributed by atoms with Crippen molar-refractivity contribution in [3.8, 4) is 0 Å². The van der Waals surface area contributed by atoms with Crippen molar-refractivity contribution in [3.63, 3.8) is 0 Å². The van der Waals surface area contributed by atoms with Crippen molar-refractivity contribution in [1.29, 1.82) is 0 Å². The van der Waals surface area contributed by atoms with Gasteiger partial charge in [0, 0.05) is 33.7 Å². The zero-order valence-electron chi connectivity index (χ0n) is 11.7. The number of hydrogen-bond donors (Lipinski definition) is 1. The molecular weight excluding hydrogens is 344 g/mol. The fourth-order valence-corrected chi connectivity index (χ4v) is 4.12. The topological polar surface area (TPSA) is 17.0 Å². The van der Waals surface area contributed by atoms with E-state index < -0.39 is 0 Å². The molecule has 2 heterocycles. The molecule has 1 aliphatic carbocycles. The smallest absolute Gasteiger partial charge is 0.0580 e. The molecule has 1 N–H and O–H groups in total. The zero-order chi connectivity index (χ0) is 14.2. The van der Waals surface area contributed by atoms with Crippen LogP contribution in [-0.4, -0.2) is 10.6 Å². The molecule has 2 aromatic heterocycles. The van der Waals surface area contributed by atoms with Gasteiger partial charge in [0.1, 0.15) is 0 Å². The number of rotatable bonds is 5. The largest absolute Gasteiger partial charge is 0.342 e. The lowest BCUT2D eigenvalue weighted by atomic mass is 10.1. The predicted molar refractivity (Wildman–Crippen MR) is 92.9 cm³/mol. The molecule has 1 aliphatic rings. The summed E-state index contributed by atoms with van der Waals surface area (Å²) in [6, 6.07) is 11.9. The molecule has 0 radical (unpaired) electrons. The van der Waals surface area contributed by atoms with Gasteiger partial charge in [-0.2, -0.15) is 0 Å². The summed E-state index contributed by atoms with van der Waals surface area (Å²) < 4.78 is 3.53. The first-order valence-corrected chi connectivity index (χ1v) is 9.00. The molecule has 0 saturated heterocycles. The average Bonchev–Trinajstić information content (AvgIpc) is 3.12. The van der Waals surface area contributed by atoms with Crippen molar-refractivity contribution in [3.05, 3.63) is 56.8 Å². The molecule has 0 unspecified atom stereocenters. The Morgan fingerprint density at radius 1 is 1.24 bits per heavy atom. The van der Waals surface area contributed by atoms with Crippen LogP contribution >= 0.6 is 27.3 Å². The molecule has 108 valence electrons. The molecule has 4 rings (SSSR count). The number of halogens is 1. The minimum absolute atomic E-state index is 0.765. The average molecular weight is 361 g/mol. The van der Waals surface area contributed by atoms with Crippen LogP contribution in [0.1, 0.15) is 23.3 Å².